The smallest absolute Gasteiger partial charge is 0.348 e. The van der Waals surface area contributed by atoms with Crippen LogP contribution in [-0.4, -0.2) is 35.8 Å². The van der Waals surface area contributed by atoms with E-state index in [2.05, 4.69) is 24.4 Å². The van der Waals surface area contributed by atoms with Gasteiger partial charge in [0.25, 0.3) is 0 Å². The first-order valence-electron chi connectivity index (χ1n) is 8.89. The van der Waals surface area contributed by atoms with Gasteiger partial charge in [-0.15, -0.1) is 0 Å². The average molecular weight is 347 g/mol. The molecule has 0 saturated heterocycles. The number of carbonyl (C=O) groups excluding carboxylic acids is 1. The van der Waals surface area contributed by atoms with Gasteiger partial charge in [0, 0.05) is 18.5 Å². The molecule has 2 aliphatic carbocycles. The van der Waals surface area contributed by atoms with E-state index < -0.39 is 5.63 Å². The minimum atomic E-state index is -0.651. The summed E-state index contributed by atoms with van der Waals surface area (Å²) < 4.78 is 5.52. The Morgan fingerprint density at radius 3 is 2.88 bits per heavy atom. The van der Waals surface area contributed by atoms with E-state index in [0.29, 0.717) is 23.7 Å². The van der Waals surface area contributed by atoms with Crippen LogP contribution in [0.3, 0.4) is 0 Å². The van der Waals surface area contributed by atoms with Gasteiger partial charge in [-0.3, -0.25) is 4.79 Å². The fourth-order valence-electron chi connectivity index (χ4n) is 4.30. The molecule has 25 heavy (non-hydrogen) atoms. The second-order valence-corrected chi connectivity index (χ2v) is 7.10. The van der Waals surface area contributed by atoms with Gasteiger partial charge < -0.3 is 19.9 Å². The van der Waals surface area contributed by atoms with Gasteiger partial charge in [-0.2, -0.15) is 0 Å². The SMILES string of the molecule is CC1C=CC2CC(O)CCC2C1c1cc(NCCO)c(C=O)c(=O)o1. The third-order valence-corrected chi connectivity index (χ3v) is 5.50. The van der Waals surface area contributed by atoms with Crippen LogP contribution < -0.4 is 10.9 Å². The van der Waals surface area contributed by atoms with E-state index in [0.717, 1.165) is 19.3 Å². The highest BCUT2D eigenvalue weighted by molar-refractivity contribution is 5.83. The lowest BCUT2D eigenvalue weighted by Crippen LogP contribution is -2.35. The van der Waals surface area contributed by atoms with Gasteiger partial charge in [0.15, 0.2) is 6.29 Å². The van der Waals surface area contributed by atoms with Crippen molar-refractivity contribution >= 4 is 12.0 Å². The van der Waals surface area contributed by atoms with Crippen molar-refractivity contribution in [2.45, 2.75) is 38.2 Å². The Hall–Kier alpha value is -1.92. The van der Waals surface area contributed by atoms with Gasteiger partial charge in [-0.25, -0.2) is 4.79 Å². The molecule has 1 aromatic heterocycles. The van der Waals surface area contributed by atoms with E-state index in [1.165, 1.54) is 0 Å². The van der Waals surface area contributed by atoms with Crippen molar-refractivity contribution in [3.63, 3.8) is 0 Å². The molecule has 3 rings (SSSR count). The van der Waals surface area contributed by atoms with E-state index in [1.807, 2.05) is 0 Å². The Labute approximate surface area is 146 Å². The van der Waals surface area contributed by atoms with Gasteiger partial charge in [-0.1, -0.05) is 19.1 Å². The third kappa shape index (κ3) is 3.55. The van der Waals surface area contributed by atoms with Gasteiger partial charge in [0.05, 0.1) is 18.4 Å². The Morgan fingerprint density at radius 1 is 1.36 bits per heavy atom. The number of aliphatic hydroxyl groups is 2. The molecular formula is C19H25NO5. The average Bonchev–Trinajstić information content (AvgIpc) is 2.59. The summed E-state index contributed by atoms with van der Waals surface area (Å²) in [4.78, 5) is 23.5. The van der Waals surface area contributed by atoms with Gasteiger partial charge >= 0.3 is 5.63 Å². The van der Waals surface area contributed by atoms with Crippen LogP contribution in [0.2, 0.25) is 0 Å². The highest BCUT2D eigenvalue weighted by Crippen LogP contribution is 2.48. The maximum Gasteiger partial charge on any atom is 0.348 e. The Bertz CT molecular complexity index is 710. The number of anilines is 1. The number of nitrogens with one attached hydrogen (secondary N) is 1. The molecule has 1 saturated carbocycles. The Balaban J connectivity index is 1.99. The molecule has 1 fully saturated rings. The van der Waals surface area contributed by atoms with Gasteiger partial charge in [-0.05, 0) is 37.0 Å². The highest BCUT2D eigenvalue weighted by Gasteiger charge is 2.40. The lowest BCUT2D eigenvalue weighted by atomic mass is 9.64. The van der Waals surface area contributed by atoms with Crippen LogP contribution in [0.25, 0.3) is 0 Å². The number of fused-ring (bicyclic) bond motifs is 1. The zero-order valence-electron chi connectivity index (χ0n) is 14.4. The largest absolute Gasteiger partial charge is 0.427 e. The number of aldehydes is 1. The van der Waals surface area contributed by atoms with Crippen molar-refractivity contribution in [1.82, 2.24) is 0 Å². The van der Waals surface area contributed by atoms with Crippen molar-refractivity contribution in [3.8, 4) is 0 Å². The molecule has 0 aromatic carbocycles. The van der Waals surface area contributed by atoms with E-state index >= 15 is 0 Å². The first kappa shape index (κ1) is 17.9. The predicted molar refractivity (Wildman–Crippen MR) is 93.8 cm³/mol. The summed E-state index contributed by atoms with van der Waals surface area (Å²) in [5.41, 5.74) is -0.293. The summed E-state index contributed by atoms with van der Waals surface area (Å²) >= 11 is 0. The molecule has 6 heteroatoms. The molecule has 6 nitrogen and oxygen atoms in total. The Morgan fingerprint density at radius 2 is 2.16 bits per heavy atom. The van der Waals surface area contributed by atoms with E-state index in [9.17, 15) is 14.7 Å². The van der Waals surface area contributed by atoms with Crippen LogP contribution in [0.4, 0.5) is 5.69 Å². The minimum absolute atomic E-state index is 0.0329. The molecule has 1 aromatic rings. The molecule has 0 bridgehead atoms. The number of carbonyl (C=O) groups is 1. The quantitative estimate of drug-likeness (QED) is 0.556. The molecule has 2 aliphatic rings. The monoisotopic (exact) mass is 347 g/mol. The maximum atomic E-state index is 12.3. The molecular weight excluding hydrogens is 322 g/mol. The molecule has 0 radical (unpaired) electrons. The zero-order valence-corrected chi connectivity index (χ0v) is 14.4. The van der Waals surface area contributed by atoms with Crippen molar-refractivity contribution in [2.75, 3.05) is 18.5 Å². The summed E-state index contributed by atoms with van der Waals surface area (Å²) in [5.74, 6) is 1.38. The van der Waals surface area contributed by atoms with E-state index in [-0.39, 0.29) is 42.6 Å². The fourth-order valence-corrected chi connectivity index (χ4v) is 4.30. The number of aliphatic hydroxyl groups excluding tert-OH is 2. The molecule has 1 heterocycles. The van der Waals surface area contributed by atoms with Crippen LogP contribution in [0.1, 0.15) is 48.2 Å². The highest BCUT2D eigenvalue weighted by atomic mass is 16.4. The molecule has 0 aliphatic heterocycles. The number of hydrogen-bond donors (Lipinski definition) is 3. The predicted octanol–water partition coefficient (Wildman–Crippen LogP) is 1.92. The summed E-state index contributed by atoms with van der Waals surface area (Å²) in [6.07, 6.45) is 6.88. The van der Waals surface area contributed by atoms with E-state index in [4.69, 9.17) is 9.52 Å². The maximum absolute atomic E-state index is 12.3. The molecule has 5 atom stereocenters. The van der Waals surface area contributed by atoms with E-state index in [1.54, 1.807) is 6.07 Å². The topological polar surface area (TPSA) is 99.8 Å². The van der Waals surface area contributed by atoms with Crippen LogP contribution in [0.5, 0.6) is 0 Å². The van der Waals surface area contributed by atoms with Gasteiger partial charge in [0.1, 0.15) is 11.3 Å². The molecule has 0 spiro atoms. The van der Waals surface area contributed by atoms with Crippen LogP contribution in [0, 0.1) is 17.8 Å². The summed E-state index contributed by atoms with van der Waals surface area (Å²) in [7, 11) is 0. The lowest BCUT2D eigenvalue weighted by molar-refractivity contribution is 0.0617. The molecule has 0 amide bonds. The minimum Gasteiger partial charge on any atom is -0.427 e. The second-order valence-electron chi connectivity index (χ2n) is 7.10. The Kier molecular flexibility index (Phi) is 5.39. The summed E-state index contributed by atoms with van der Waals surface area (Å²) in [6.45, 7) is 2.25. The first-order valence-corrected chi connectivity index (χ1v) is 8.89. The van der Waals surface area contributed by atoms with Crippen molar-refractivity contribution in [3.05, 3.63) is 40.0 Å². The second kappa shape index (κ2) is 7.54. The van der Waals surface area contributed by atoms with Crippen LogP contribution in [0.15, 0.2) is 27.4 Å². The number of hydrogen-bond acceptors (Lipinski definition) is 6. The first-order chi connectivity index (χ1) is 12.0. The normalized spacial score (nSPS) is 31.4. The molecule has 136 valence electrons. The van der Waals surface area contributed by atoms with Crippen molar-refractivity contribution in [1.29, 1.82) is 0 Å². The molecule has 3 N–H and O–H groups in total. The zero-order chi connectivity index (χ0) is 18.0. The fraction of sp³-hybridized carbons (Fsp3) is 0.579. The van der Waals surface area contributed by atoms with Crippen LogP contribution in [-0.2, 0) is 0 Å². The molecule has 5 unspecified atom stereocenters. The van der Waals surface area contributed by atoms with Crippen LogP contribution >= 0.6 is 0 Å². The van der Waals surface area contributed by atoms with Crippen molar-refractivity contribution in [2.24, 2.45) is 17.8 Å². The third-order valence-electron chi connectivity index (χ3n) is 5.50. The van der Waals surface area contributed by atoms with Gasteiger partial charge in [0.2, 0.25) is 0 Å². The summed E-state index contributed by atoms with van der Waals surface area (Å²) in [5, 5.41) is 21.9. The standard InChI is InChI=1S/C19H25NO5/c1-11-2-3-12-8-13(23)4-5-14(12)18(11)17-9-16(20-6-7-21)15(10-22)19(24)25-17/h2-3,9-14,18,20-21,23H,4-8H2,1H3. The van der Waals surface area contributed by atoms with Crippen molar-refractivity contribution < 1.29 is 19.4 Å². The lowest BCUT2D eigenvalue weighted by Gasteiger charge is -2.42. The number of rotatable bonds is 5. The number of allylic oxidation sites excluding steroid dienone is 2. The summed E-state index contributed by atoms with van der Waals surface area (Å²) in [6, 6.07) is 1.73.